The van der Waals surface area contributed by atoms with Gasteiger partial charge in [0.1, 0.15) is 5.70 Å². The summed E-state index contributed by atoms with van der Waals surface area (Å²) in [4.78, 5) is 34.1. The summed E-state index contributed by atoms with van der Waals surface area (Å²) in [5.41, 5.74) is 5.91. The number of hydrogen-bond acceptors (Lipinski definition) is 6. The SMILES string of the molecule is O=C(NCc1ccccc1)C1=C(c2ccccc2)N=C(c2ccc(C3=NOC(C(=O)O)C3)cc2)CN1. The Balaban J connectivity index is 1.39. The Bertz CT molecular complexity index is 1360. The molecule has 8 heteroatoms. The van der Waals surface area contributed by atoms with Crippen LogP contribution in [0, 0.1) is 0 Å². The lowest BCUT2D eigenvalue weighted by Crippen LogP contribution is -2.37. The van der Waals surface area contributed by atoms with Gasteiger partial charge in [0.05, 0.1) is 23.7 Å². The van der Waals surface area contributed by atoms with Crippen molar-refractivity contribution in [1.82, 2.24) is 10.6 Å². The van der Waals surface area contributed by atoms with Gasteiger partial charge in [-0.05, 0) is 16.7 Å². The van der Waals surface area contributed by atoms with Gasteiger partial charge in [-0.2, -0.15) is 0 Å². The van der Waals surface area contributed by atoms with Crippen molar-refractivity contribution >= 4 is 29.0 Å². The molecule has 0 bridgehead atoms. The van der Waals surface area contributed by atoms with Gasteiger partial charge in [0.2, 0.25) is 6.10 Å². The molecule has 2 aliphatic rings. The van der Waals surface area contributed by atoms with Gasteiger partial charge < -0.3 is 20.6 Å². The lowest BCUT2D eigenvalue weighted by atomic mass is 10.0. The fourth-order valence-electron chi connectivity index (χ4n) is 4.05. The Hall–Kier alpha value is -4.72. The van der Waals surface area contributed by atoms with Crippen molar-refractivity contribution in [3.63, 3.8) is 0 Å². The average Bonchev–Trinajstić information content (AvgIpc) is 3.44. The molecule has 2 aliphatic heterocycles. The van der Waals surface area contributed by atoms with Gasteiger partial charge in [-0.25, -0.2) is 9.79 Å². The third-order valence-electron chi connectivity index (χ3n) is 5.98. The molecule has 1 unspecified atom stereocenters. The predicted molar refractivity (Wildman–Crippen MR) is 136 cm³/mol. The number of carboxylic acids is 1. The highest BCUT2D eigenvalue weighted by Crippen LogP contribution is 2.24. The first-order chi connectivity index (χ1) is 17.6. The highest BCUT2D eigenvalue weighted by molar-refractivity contribution is 6.11. The van der Waals surface area contributed by atoms with Crippen LogP contribution in [0.25, 0.3) is 5.70 Å². The Morgan fingerprint density at radius 1 is 0.889 bits per heavy atom. The van der Waals surface area contributed by atoms with Crippen LogP contribution in [0.2, 0.25) is 0 Å². The highest BCUT2D eigenvalue weighted by atomic mass is 16.7. The zero-order valence-electron chi connectivity index (χ0n) is 19.3. The summed E-state index contributed by atoms with van der Waals surface area (Å²) in [5, 5.41) is 19.3. The second kappa shape index (κ2) is 10.3. The van der Waals surface area contributed by atoms with Crippen LogP contribution in [-0.2, 0) is 21.0 Å². The zero-order chi connectivity index (χ0) is 24.9. The number of rotatable bonds is 7. The molecule has 0 saturated heterocycles. The number of benzene rings is 3. The molecule has 1 amide bonds. The largest absolute Gasteiger partial charge is 0.478 e. The van der Waals surface area contributed by atoms with Gasteiger partial charge in [-0.15, -0.1) is 0 Å². The quantitative estimate of drug-likeness (QED) is 0.480. The van der Waals surface area contributed by atoms with Crippen molar-refractivity contribution in [2.75, 3.05) is 6.54 Å². The third kappa shape index (κ3) is 5.02. The summed E-state index contributed by atoms with van der Waals surface area (Å²) in [6.45, 7) is 0.802. The van der Waals surface area contributed by atoms with Crippen molar-refractivity contribution in [2.45, 2.75) is 19.1 Å². The lowest BCUT2D eigenvalue weighted by molar-refractivity contribution is -0.148. The zero-order valence-corrected chi connectivity index (χ0v) is 19.3. The monoisotopic (exact) mass is 480 g/mol. The molecule has 3 aromatic rings. The van der Waals surface area contributed by atoms with Crippen LogP contribution < -0.4 is 10.6 Å². The van der Waals surface area contributed by atoms with Gasteiger partial charge in [0.25, 0.3) is 5.91 Å². The van der Waals surface area contributed by atoms with Crippen LogP contribution in [-0.4, -0.2) is 41.1 Å². The number of aliphatic imine (C=N–C) groups is 1. The summed E-state index contributed by atoms with van der Waals surface area (Å²) >= 11 is 0. The molecule has 0 fully saturated rings. The minimum atomic E-state index is -1.03. The number of carbonyl (C=O) groups is 2. The van der Waals surface area contributed by atoms with E-state index in [1.165, 1.54) is 0 Å². The first-order valence-electron chi connectivity index (χ1n) is 11.6. The van der Waals surface area contributed by atoms with Crippen LogP contribution >= 0.6 is 0 Å². The van der Waals surface area contributed by atoms with Gasteiger partial charge in [-0.1, -0.05) is 90.1 Å². The van der Waals surface area contributed by atoms with Crippen molar-refractivity contribution in [3.05, 3.63) is 113 Å². The number of carboxylic acid groups (broad SMARTS) is 1. The number of hydrogen-bond donors (Lipinski definition) is 3. The Morgan fingerprint density at radius 2 is 1.53 bits per heavy atom. The molecular weight excluding hydrogens is 456 g/mol. The summed E-state index contributed by atoms with van der Waals surface area (Å²) < 4.78 is 0. The molecule has 0 aromatic heterocycles. The molecule has 0 spiro atoms. The van der Waals surface area contributed by atoms with E-state index in [1.54, 1.807) is 0 Å². The fraction of sp³-hybridized carbons (Fsp3) is 0.143. The molecule has 36 heavy (non-hydrogen) atoms. The molecule has 8 nitrogen and oxygen atoms in total. The van der Waals surface area contributed by atoms with Gasteiger partial charge >= 0.3 is 5.97 Å². The molecule has 5 rings (SSSR count). The average molecular weight is 481 g/mol. The molecular formula is C28H24N4O4. The van der Waals surface area contributed by atoms with E-state index in [2.05, 4.69) is 15.8 Å². The topological polar surface area (TPSA) is 112 Å². The van der Waals surface area contributed by atoms with E-state index in [9.17, 15) is 9.59 Å². The van der Waals surface area contributed by atoms with E-state index >= 15 is 0 Å². The molecule has 180 valence electrons. The van der Waals surface area contributed by atoms with Gasteiger partial charge in [0, 0.05) is 18.5 Å². The van der Waals surface area contributed by atoms with E-state index in [0.717, 1.165) is 28.0 Å². The normalized spacial score (nSPS) is 16.9. The van der Waals surface area contributed by atoms with Crippen molar-refractivity contribution < 1.29 is 19.5 Å². The van der Waals surface area contributed by atoms with E-state index in [1.807, 2.05) is 84.9 Å². The van der Waals surface area contributed by atoms with E-state index in [-0.39, 0.29) is 12.3 Å². The van der Waals surface area contributed by atoms with Gasteiger partial charge in [-0.3, -0.25) is 4.79 Å². The van der Waals surface area contributed by atoms with Crippen molar-refractivity contribution in [3.8, 4) is 0 Å². The molecule has 0 radical (unpaired) electrons. The number of amides is 1. The van der Waals surface area contributed by atoms with Crippen LogP contribution in [0.4, 0.5) is 0 Å². The maximum Gasteiger partial charge on any atom is 0.348 e. The van der Waals surface area contributed by atoms with Crippen LogP contribution in [0.3, 0.4) is 0 Å². The molecule has 2 heterocycles. The highest BCUT2D eigenvalue weighted by Gasteiger charge is 2.28. The van der Waals surface area contributed by atoms with Crippen molar-refractivity contribution in [2.24, 2.45) is 10.1 Å². The smallest absolute Gasteiger partial charge is 0.348 e. The van der Waals surface area contributed by atoms with Crippen molar-refractivity contribution in [1.29, 1.82) is 0 Å². The Kier molecular flexibility index (Phi) is 6.57. The maximum absolute atomic E-state index is 13.1. The van der Waals surface area contributed by atoms with E-state index in [0.29, 0.717) is 30.2 Å². The second-order valence-corrected chi connectivity index (χ2v) is 8.42. The van der Waals surface area contributed by atoms with Crippen LogP contribution in [0.1, 0.15) is 28.7 Å². The molecule has 1 atom stereocenters. The lowest BCUT2D eigenvalue weighted by Gasteiger charge is -2.21. The maximum atomic E-state index is 13.1. The van der Waals surface area contributed by atoms with Gasteiger partial charge in [0.15, 0.2) is 0 Å². The molecule has 3 aromatic carbocycles. The van der Waals surface area contributed by atoms with E-state index < -0.39 is 12.1 Å². The number of carbonyl (C=O) groups excluding carboxylic acids is 1. The molecule has 3 N–H and O–H groups in total. The summed E-state index contributed by atoms with van der Waals surface area (Å²) in [6.07, 6.45) is -0.726. The minimum Gasteiger partial charge on any atom is -0.478 e. The standard InChI is InChI=1S/C28H24N4O4/c33-27(30-16-18-7-3-1-4-8-18)26-25(21-9-5-2-6-10-21)31-23(17-29-26)20-13-11-19(12-14-20)22-15-24(28(34)35)36-32-22/h1-14,24,29H,15-17H2,(H,30,33)(H,34,35). The van der Waals surface area contributed by atoms with Crippen LogP contribution in [0.15, 0.2) is 101 Å². The Labute approximate surface area is 208 Å². The minimum absolute atomic E-state index is 0.219. The number of nitrogens with one attached hydrogen (secondary N) is 2. The molecule has 0 saturated carbocycles. The molecule has 0 aliphatic carbocycles. The number of aliphatic carboxylic acids is 1. The van der Waals surface area contributed by atoms with E-state index in [4.69, 9.17) is 14.9 Å². The number of oxime groups is 1. The third-order valence-corrected chi connectivity index (χ3v) is 5.98. The first kappa shape index (κ1) is 23.0. The predicted octanol–water partition coefficient (Wildman–Crippen LogP) is 3.34. The number of nitrogens with zero attached hydrogens (tertiary/aromatic N) is 2. The fourth-order valence-corrected chi connectivity index (χ4v) is 4.05. The first-order valence-corrected chi connectivity index (χ1v) is 11.6. The second-order valence-electron chi connectivity index (χ2n) is 8.42. The van der Waals surface area contributed by atoms with Crippen LogP contribution in [0.5, 0.6) is 0 Å². The summed E-state index contributed by atoms with van der Waals surface area (Å²) in [7, 11) is 0. The summed E-state index contributed by atoms with van der Waals surface area (Å²) in [6, 6.07) is 26.9. The summed E-state index contributed by atoms with van der Waals surface area (Å²) in [5.74, 6) is -1.25. The Morgan fingerprint density at radius 3 is 2.17 bits per heavy atom.